The first-order valence-corrected chi connectivity index (χ1v) is 9.82. The molecule has 0 aromatic carbocycles. The summed E-state index contributed by atoms with van der Waals surface area (Å²) in [5, 5.41) is 3.38. The number of halogens is 2. The van der Waals surface area contributed by atoms with E-state index in [4.69, 9.17) is 16.3 Å². The molecule has 2 aliphatic carbocycles. The Kier molecular flexibility index (Phi) is 5.06. The predicted octanol–water partition coefficient (Wildman–Crippen LogP) is 3.02. The summed E-state index contributed by atoms with van der Waals surface area (Å²) >= 11 is 5.82. The molecule has 26 heavy (non-hydrogen) atoms. The number of nitrogens with one attached hydrogen (secondary N) is 1. The molecule has 3 fully saturated rings. The summed E-state index contributed by atoms with van der Waals surface area (Å²) < 4.78 is 20.4. The van der Waals surface area contributed by atoms with Crippen molar-refractivity contribution < 1.29 is 13.9 Å². The van der Waals surface area contributed by atoms with Gasteiger partial charge in [-0.3, -0.25) is 4.79 Å². The lowest BCUT2D eigenvalue weighted by Crippen LogP contribution is -2.50. The van der Waals surface area contributed by atoms with Gasteiger partial charge in [0.2, 0.25) is 5.91 Å². The van der Waals surface area contributed by atoms with Crippen LogP contribution >= 0.6 is 11.6 Å². The Labute approximate surface area is 158 Å². The van der Waals surface area contributed by atoms with Gasteiger partial charge in [0.15, 0.2) is 11.6 Å². The maximum absolute atomic E-state index is 14.3. The average molecular weight is 382 g/mol. The van der Waals surface area contributed by atoms with Gasteiger partial charge in [-0.05, 0) is 49.5 Å². The van der Waals surface area contributed by atoms with Gasteiger partial charge < -0.3 is 15.0 Å². The number of carbonyl (C=O) groups is 1. The number of carbonyl (C=O) groups excluding carboxylic acids is 1. The fourth-order valence-electron chi connectivity index (χ4n) is 4.37. The second kappa shape index (κ2) is 7.31. The molecule has 142 valence electrons. The summed E-state index contributed by atoms with van der Waals surface area (Å²) in [6.45, 7) is 3.86. The second-order valence-corrected chi connectivity index (χ2v) is 8.41. The summed E-state index contributed by atoms with van der Waals surface area (Å²) in [5.74, 6) is 1.50. The van der Waals surface area contributed by atoms with Crippen LogP contribution in [-0.4, -0.2) is 42.7 Å². The van der Waals surface area contributed by atoms with E-state index in [1.807, 2.05) is 4.90 Å². The van der Waals surface area contributed by atoms with Gasteiger partial charge in [0.25, 0.3) is 0 Å². The number of anilines is 1. The van der Waals surface area contributed by atoms with Crippen LogP contribution in [-0.2, 0) is 9.53 Å². The number of nitrogens with zero attached hydrogens (tertiary/aromatic N) is 2. The van der Waals surface area contributed by atoms with Crippen LogP contribution < -0.4 is 10.2 Å². The maximum atomic E-state index is 14.3. The minimum absolute atomic E-state index is 0.0197. The molecule has 4 atom stereocenters. The molecule has 0 radical (unpaired) electrons. The minimum atomic E-state index is -0.379. The standard InChI is InChI=1S/C19H25ClFN3O2/c1-11(25)23-17-4-13-8-24(19-16(21)6-15(20)7-22-19)9-14(13)5-18(17)26-10-12-2-3-12/h6-7,12-14,17-18H,2-5,8-10H2,1H3,(H,23,25)/t13-,14+,17-,18-/m1/s1. The van der Waals surface area contributed by atoms with Crippen molar-refractivity contribution in [3.63, 3.8) is 0 Å². The highest BCUT2D eigenvalue weighted by Crippen LogP contribution is 2.40. The molecule has 2 saturated carbocycles. The third kappa shape index (κ3) is 3.96. The molecule has 1 aromatic rings. The van der Waals surface area contributed by atoms with Crippen molar-refractivity contribution in [1.82, 2.24) is 10.3 Å². The van der Waals surface area contributed by atoms with Crippen LogP contribution in [0, 0.1) is 23.6 Å². The van der Waals surface area contributed by atoms with Gasteiger partial charge in [-0.15, -0.1) is 0 Å². The fraction of sp³-hybridized carbons (Fsp3) is 0.684. The lowest BCUT2D eigenvalue weighted by atomic mass is 9.77. The topological polar surface area (TPSA) is 54.5 Å². The van der Waals surface area contributed by atoms with Crippen LogP contribution in [0.15, 0.2) is 12.3 Å². The zero-order valence-electron chi connectivity index (χ0n) is 15.0. The van der Waals surface area contributed by atoms with Gasteiger partial charge in [0.05, 0.1) is 17.2 Å². The van der Waals surface area contributed by atoms with E-state index in [2.05, 4.69) is 10.3 Å². The summed E-state index contributed by atoms with van der Waals surface area (Å²) in [6, 6.07) is 1.35. The third-order valence-corrected chi connectivity index (χ3v) is 6.04. The number of fused-ring (bicyclic) bond motifs is 1. The van der Waals surface area contributed by atoms with Crippen LogP contribution in [0.25, 0.3) is 0 Å². The molecule has 1 aliphatic heterocycles. The van der Waals surface area contributed by atoms with Crippen molar-refractivity contribution in [2.24, 2.45) is 17.8 Å². The largest absolute Gasteiger partial charge is 0.376 e. The van der Waals surface area contributed by atoms with Crippen LogP contribution in [0.3, 0.4) is 0 Å². The average Bonchev–Trinajstić information content (AvgIpc) is 3.31. The van der Waals surface area contributed by atoms with Gasteiger partial charge in [0, 0.05) is 32.8 Å². The van der Waals surface area contributed by atoms with Gasteiger partial charge >= 0.3 is 0 Å². The molecule has 1 amide bonds. The highest BCUT2D eigenvalue weighted by Gasteiger charge is 2.44. The monoisotopic (exact) mass is 381 g/mol. The second-order valence-electron chi connectivity index (χ2n) is 7.98. The smallest absolute Gasteiger partial charge is 0.217 e. The molecule has 1 N–H and O–H groups in total. The van der Waals surface area contributed by atoms with Crippen LogP contribution in [0.2, 0.25) is 5.02 Å². The number of hydrogen-bond donors (Lipinski definition) is 1. The molecule has 0 bridgehead atoms. The minimum Gasteiger partial charge on any atom is -0.376 e. The molecule has 0 unspecified atom stereocenters. The van der Waals surface area contributed by atoms with Crippen molar-refractivity contribution in [2.75, 3.05) is 24.6 Å². The van der Waals surface area contributed by atoms with E-state index >= 15 is 0 Å². The summed E-state index contributed by atoms with van der Waals surface area (Å²) in [7, 11) is 0. The molecule has 4 rings (SSSR count). The van der Waals surface area contributed by atoms with Crippen molar-refractivity contribution in [2.45, 2.75) is 44.8 Å². The third-order valence-electron chi connectivity index (χ3n) is 5.84. The van der Waals surface area contributed by atoms with Crippen LogP contribution in [0.4, 0.5) is 10.2 Å². The maximum Gasteiger partial charge on any atom is 0.217 e. The van der Waals surface area contributed by atoms with Gasteiger partial charge in [-0.1, -0.05) is 11.6 Å². The number of hydrogen-bond acceptors (Lipinski definition) is 4. The SMILES string of the molecule is CC(=O)N[C@@H]1C[C@@H]2CN(c3ncc(Cl)cc3F)C[C@@H]2C[C@H]1OCC1CC1. The first-order valence-electron chi connectivity index (χ1n) is 9.44. The Morgan fingerprint density at radius 2 is 2.12 bits per heavy atom. The lowest BCUT2D eigenvalue weighted by molar-refractivity contribution is -0.122. The van der Waals surface area contributed by atoms with Gasteiger partial charge in [-0.2, -0.15) is 0 Å². The fourth-order valence-corrected chi connectivity index (χ4v) is 4.51. The number of rotatable bonds is 5. The normalized spacial score (nSPS) is 31.0. The van der Waals surface area contributed by atoms with Crippen molar-refractivity contribution in [1.29, 1.82) is 0 Å². The molecule has 2 heterocycles. The number of aromatic nitrogens is 1. The summed E-state index contributed by atoms with van der Waals surface area (Å²) in [4.78, 5) is 17.8. The predicted molar refractivity (Wildman–Crippen MR) is 97.7 cm³/mol. The molecule has 7 heteroatoms. The van der Waals surface area contributed by atoms with E-state index in [9.17, 15) is 9.18 Å². The highest BCUT2D eigenvalue weighted by atomic mass is 35.5. The Hall–Kier alpha value is -1.40. The molecule has 5 nitrogen and oxygen atoms in total. The van der Waals surface area contributed by atoms with E-state index < -0.39 is 0 Å². The van der Waals surface area contributed by atoms with E-state index in [1.54, 1.807) is 6.92 Å². The highest BCUT2D eigenvalue weighted by molar-refractivity contribution is 6.30. The first-order chi connectivity index (χ1) is 12.5. The zero-order chi connectivity index (χ0) is 18.3. The van der Waals surface area contributed by atoms with E-state index in [0.717, 1.165) is 32.5 Å². The van der Waals surface area contributed by atoms with E-state index in [-0.39, 0.29) is 23.9 Å². The molecule has 1 aromatic heterocycles. The Balaban J connectivity index is 1.45. The van der Waals surface area contributed by atoms with Crippen LogP contribution in [0.1, 0.15) is 32.6 Å². The molecule has 3 aliphatic rings. The first kappa shape index (κ1) is 18.0. The van der Waals surface area contributed by atoms with Crippen LogP contribution in [0.5, 0.6) is 0 Å². The van der Waals surface area contributed by atoms with Gasteiger partial charge in [-0.25, -0.2) is 9.37 Å². The Morgan fingerprint density at radius 3 is 2.77 bits per heavy atom. The number of pyridine rings is 1. The van der Waals surface area contributed by atoms with Crippen molar-refractivity contribution in [3.8, 4) is 0 Å². The Bertz CT molecular complexity index is 685. The van der Waals surface area contributed by atoms with Gasteiger partial charge in [0.1, 0.15) is 0 Å². The van der Waals surface area contributed by atoms with E-state index in [1.165, 1.54) is 25.1 Å². The molecule has 0 spiro atoms. The lowest BCUT2D eigenvalue weighted by Gasteiger charge is -2.38. The van der Waals surface area contributed by atoms with Crippen molar-refractivity contribution in [3.05, 3.63) is 23.1 Å². The number of amides is 1. The molecular formula is C19H25ClFN3O2. The zero-order valence-corrected chi connectivity index (χ0v) is 15.7. The Morgan fingerprint density at radius 1 is 1.38 bits per heavy atom. The van der Waals surface area contributed by atoms with E-state index in [0.29, 0.717) is 28.6 Å². The van der Waals surface area contributed by atoms with Crippen molar-refractivity contribution >= 4 is 23.3 Å². The number of ether oxygens (including phenoxy) is 1. The molecular weight excluding hydrogens is 357 g/mol. The quantitative estimate of drug-likeness (QED) is 0.851. The summed E-state index contributed by atoms with van der Waals surface area (Å²) in [5.41, 5.74) is 0. The molecule has 1 saturated heterocycles. The summed E-state index contributed by atoms with van der Waals surface area (Å²) in [6.07, 6.45) is 5.80.